The maximum absolute atomic E-state index is 12.0. The van der Waals surface area contributed by atoms with E-state index in [2.05, 4.69) is 9.97 Å². The first-order valence-corrected chi connectivity index (χ1v) is 2.21. The highest BCUT2D eigenvalue weighted by Gasteiger charge is 1.92. The molecule has 0 fully saturated rings. The Kier molecular flexibility index (Phi) is 1.36. The van der Waals surface area contributed by atoms with Gasteiger partial charge in [0.15, 0.2) is 0 Å². The van der Waals surface area contributed by atoms with Crippen molar-refractivity contribution in [1.29, 1.82) is 5.26 Å². The molecule has 0 saturated carbocycles. The van der Waals surface area contributed by atoms with E-state index >= 15 is 0 Å². The lowest BCUT2D eigenvalue weighted by Gasteiger charge is -1.83. The molecule has 0 aliphatic rings. The minimum Gasteiger partial charge on any atom is -0.211 e. The molecule has 0 radical (unpaired) electrons. The van der Waals surface area contributed by atoms with Crippen LogP contribution in [0.1, 0.15) is 5.69 Å². The fourth-order valence-corrected chi connectivity index (χ4v) is 0.397. The second kappa shape index (κ2) is 2.18. The van der Waals surface area contributed by atoms with Crippen molar-refractivity contribution >= 4 is 0 Å². The Balaban J connectivity index is 3.12. The van der Waals surface area contributed by atoms with Crippen LogP contribution in [0.15, 0.2) is 12.3 Å². The zero-order chi connectivity index (χ0) is 6.69. The normalized spacial score (nSPS) is 8.44. The molecule has 0 aromatic carbocycles. The van der Waals surface area contributed by atoms with Crippen LogP contribution in [0.5, 0.6) is 0 Å². The largest absolute Gasteiger partial charge is 0.309 e. The van der Waals surface area contributed by atoms with Gasteiger partial charge in [-0.3, -0.25) is 0 Å². The van der Waals surface area contributed by atoms with Gasteiger partial charge in [0.2, 0.25) is 0 Å². The van der Waals surface area contributed by atoms with Gasteiger partial charge in [-0.05, 0) is 6.07 Å². The fourth-order valence-electron chi connectivity index (χ4n) is 0.397. The molecule has 9 heavy (non-hydrogen) atoms. The maximum Gasteiger partial charge on any atom is 0.309 e. The van der Waals surface area contributed by atoms with Crippen molar-refractivity contribution in [3.63, 3.8) is 0 Å². The predicted octanol–water partition coefficient (Wildman–Crippen LogP) is 0.487. The molecular formula is C5H2FN3. The Morgan fingerprint density at radius 2 is 2.44 bits per heavy atom. The van der Waals surface area contributed by atoms with Crippen LogP contribution >= 0.6 is 0 Å². The first kappa shape index (κ1) is 5.63. The van der Waals surface area contributed by atoms with Crippen molar-refractivity contribution in [2.45, 2.75) is 0 Å². The van der Waals surface area contributed by atoms with Gasteiger partial charge in [0, 0.05) is 6.20 Å². The minimum atomic E-state index is -0.867. The van der Waals surface area contributed by atoms with E-state index in [1.807, 2.05) is 0 Å². The van der Waals surface area contributed by atoms with Crippen molar-refractivity contribution in [1.82, 2.24) is 9.97 Å². The Morgan fingerprint density at radius 1 is 1.67 bits per heavy atom. The maximum atomic E-state index is 12.0. The molecular weight excluding hydrogens is 121 g/mol. The van der Waals surface area contributed by atoms with Gasteiger partial charge in [-0.2, -0.15) is 14.6 Å². The summed E-state index contributed by atoms with van der Waals surface area (Å²) in [4.78, 5) is 6.31. The SMILES string of the molecule is N#Cc1ccnc(F)n1. The van der Waals surface area contributed by atoms with Crippen LogP contribution in [-0.2, 0) is 0 Å². The molecule has 0 amide bonds. The Bertz CT molecular complexity index is 253. The third-order valence-electron chi connectivity index (χ3n) is 0.741. The first-order valence-electron chi connectivity index (χ1n) is 2.21. The van der Waals surface area contributed by atoms with Gasteiger partial charge in [0.05, 0.1) is 0 Å². The molecule has 0 spiro atoms. The summed E-state index contributed by atoms with van der Waals surface area (Å²) >= 11 is 0. The monoisotopic (exact) mass is 123 g/mol. The standard InChI is InChI=1S/C5H2FN3/c6-5-8-2-1-4(3-7)9-5/h1-2H. The molecule has 0 aliphatic heterocycles. The summed E-state index contributed by atoms with van der Waals surface area (Å²) in [6.45, 7) is 0. The van der Waals surface area contributed by atoms with Crippen molar-refractivity contribution in [3.05, 3.63) is 24.0 Å². The summed E-state index contributed by atoms with van der Waals surface area (Å²) in [5.41, 5.74) is 0.0440. The predicted molar refractivity (Wildman–Crippen MR) is 26.7 cm³/mol. The average molecular weight is 123 g/mol. The minimum absolute atomic E-state index is 0.0440. The second-order valence-corrected chi connectivity index (χ2v) is 1.32. The highest BCUT2D eigenvalue weighted by molar-refractivity contribution is 5.15. The molecule has 0 atom stereocenters. The smallest absolute Gasteiger partial charge is 0.211 e. The molecule has 1 aromatic heterocycles. The Labute approximate surface area is 50.8 Å². The Hall–Kier alpha value is -1.50. The number of aromatic nitrogens is 2. The van der Waals surface area contributed by atoms with Crippen molar-refractivity contribution in [2.75, 3.05) is 0 Å². The van der Waals surface area contributed by atoms with E-state index in [4.69, 9.17) is 5.26 Å². The number of rotatable bonds is 0. The topological polar surface area (TPSA) is 49.6 Å². The van der Waals surface area contributed by atoms with Crippen molar-refractivity contribution < 1.29 is 4.39 Å². The summed E-state index contributed by atoms with van der Waals surface area (Å²) in [7, 11) is 0. The van der Waals surface area contributed by atoms with Gasteiger partial charge in [-0.15, -0.1) is 0 Å². The highest BCUT2D eigenvalue weighted by atomic mass is 19.1. The summed E-state index contributed by atoms with van der Waals surface area (Å²) in [5, 5.41) is 8.16. The zero-order valence-corrected chi connectivity index (χ0v) is 4.37. The summed E-state index contributed by atoms with van der Waals surface area (Å²) < 4.78 is 12.0. The lowest BCUT2D eigenvalue weighted by Crippen LogP contribution is -1.89. The molecule has 44 valence electrons. The second-order valence-electron chi connectivity index (χ2n) is 1.32. The van der Waals surface area contributed by atoms with Crippen LogP contribution in [0.3, 0.4) is 0 Å². The van der Waals surface area contributed by atoms with E-state index in [1.165, 1.54) is 12.3 Å². The van der Waals surface area contributed by atoms with Gasteiger partial charge in [0.1, 0.15) is 11.8 Å². The lowest BCUT2D eigenvalue weighted by molar-refractivity contribution is 0.537. The van der Waals surface area contributed by atoms with E-state index in [0.29, 0.717) is 0 Å². The number of hydrogen-bond acceptors (Lipinski definition) is 3. The number of hydrogen-bond donors (Lipinski definition) is 0. The van der Waals surface area contributed by atoms with Crippen molar-refractivity contribution in [2.24, 2.45) is 0 Å². The quantitative estimate of drug-likeness (QED) is 0.471. The van der Waals surface area contributed by atoms with E-state index in [9.17, 15) is 4.39 Å². The Morgan fingerprint density at radius 3 is 2.89 bits per heavy atom. The van der Waals surface area contributed by atoms with Gasteiger partial charge >= 0.3 is 6.08 Å². The summed E-state index contributed by atoms with van der Waals surface area (Å²) in [5.74, 6) is 0. The molecule has 1 heterocycles. The van der Waals surface area contributed by atoms with Gasteiger partial charge in [-0.25, -0.2) is 4.98 Å². The molecule has 4 heteroatoms. The molecule has 1 rings (SSSR count). The van der Waals surface area contributed by atoms with Crippen LogP contribution in [0.4, 0.5) is 4.39 Å². The third kappa shape index (κ3) is 1.19. The van der Waals surface area contributed by atoms with Crippen LogP contribution in [0.2, 0.25) is 0 Å². The molecule has 0 bridgehead atoms. The van der Waals surface area contributed by atoms with Gasteiger partial charge < -0.3 is 0 Å². The molecule has 0 saturated heterocycles. The summed E-state index contributed by atoms with van der Waals surface area (Å²) in [6.07, 6.45) is 0.329. The molecule has 1 aromatic rings. The van der Waals surface area contributed by atoms with E-state index in [1.54, 1.807) is 6.07 Å². The van der Waals surface area contributed by atoms with Crippen molar-refractivity contribution in [3.8, 4) is 6.07 Å². The number of halogens is 1. The average Bonchev–Trinajstić information content (AvgIpc) is 1.88. The van der Waals surface area contributed by atoms with E-state index < -0.39 is 6.08 Å². The molecule has 0 unspecified atom stereocenters. The number of nitrogens with zero attached hydrogens (tertiary/aromatic N) is 3. The zero-order valence-electron chi connectivity index (χ0n) is 4.37. The lowest BCUT2D eigenvalue weighted by atomic mass is 10.5. The van der Waals surface area contributed by atoms with Crippen LogP contribution in [-0.4, -0.2) is 9.97 Å². The fraction of sp³-hybridized carbons (Fsp3) is 0. The molecule has 0 aliphatic carbocycles. The number of nitriles is 1. The highest BCUT2D eigenvalue weighted by Crippen LogP contribution is 1.89. The van der Waals surface area contributed by atoms with Crippen LogP contribution < -0.4 is 0 Å². The molecule has 3 nitrogen and oxygen atoms in total. The van der Waals surface area contributed by atoms with Crippen LogP contribution in [0, 0.1) is 17.4 Å². The third-order valence-corrected chi connectivity index (χ3v) is 0.741. The molecule has 0 N–H and O–H groups in total. The van der Waals surface area contributed by atoms with E-state index in [-0.39, 0.29) is 5.69 Å². The first-order chi connectivity index (χ1) is 4.33. The van der Waals surface area contributed by atoms with Gasteiger partial charge in [0.25, 0.3) is 0 Å². The van der Waals surface area contributed by atoms with E-state index in [0.717, 1.165) is 0 Å². The summed E-state index contributed by atoms with van der Waals surface area (Å²) in [6, 6.07) is 3.01. The van der Waals surface area contributed by atoms with Crippen LogP contribution in [0.25, 0.3) is 0 Å². The van der Waals surface area contributed by atoms with Gasteiger partial charge in [-0.1, -0.05) is 0 Å².